The SMILES string of the molecule is COC(=O)c1cc(NC(=O)COC(=O)c2cc([N+](=O)[O-])ccc2N2CCOCC2)cc(C(=O)OC)c1. The van der Waals surface area contributed by atoms with Gasteiger partial charge in [-0.3, -0.25) is 14.9 Å². The lowest BCUT2D eigenvalue weighted by Gasteiger charge is -2.30. The standard InChI is InChI=1S/C23H23N3O10/c1-33-21(28)14-9-15(22(29)34-2)11-16(10-14)24-20(27)13-36-23(30)18-12-17(26(31)32)3-4-19(18)25-5-7-35-8-6-25/h3-4,9-12H,5-8,13H2,1-2H3,(H,24,27). The van der Waals surface area contributed by atoms with Gasteiger partial charge in [0.25, 0.3) is 11.6 Å². The van der Waals surface area contributed by atoms with Crippen LogP contribution in [0.2, 0.25) is 0 Å². The van der Waals surface area contributed by atoms with Crippen LogP contribution in [0.5, 0.6) is 0 Å². The molecule has 0 aliphatic carbocycles. The molecular formula is C23H23N3O10. The number of nitro groups is 1. The zero-order valence-electron chi connectivity index (χ0n) is 19.5. The highest BCUT2D eigenvalue weighted by Crippen LogP contribution is 2.27. The van der Waals surface area contributed by atoms with E-state index in [0.717, 1.165) is 20.3 Å². The van der Waals surface area contributed by atoms with Gasteiger partial charge in [-0.25, -0.2) is 14.4 Å². The Balaban J connectivity index is 1.75. The average Bonchev–Trinajstić information content (AvgIpc) is 2.90. The van der Waals surface area contributed by atoms with Gasteiger partial charge in [0.15, 0.2) is 6.61 Å². The number of nitro benzene ring substituents is 1. The number of carbonyl (C=O) groups excluding carboxylic acids is 4. The molecule has 0 saturated carbocycles. The van der Waals surface area contributed by atoms with E-state index < -0.39 is 35.3 Å². The number of nitrogens with one attached hydrogen (secondary N) is 1. The fourth-order valence-electron chi connectivity index (χ4n) is 3.46. The molecule has 0 spiro atoms. The first-order valence-electron chi connectivity index (χ1n) is 10.6. The average molecular weight is 501 g/mol. The van der Waals surface area contributed by atoms with Crippen molar-refractivity contribution in [3.05, 3.63) is 63.2 Å². The van der Waals surface area contributed by atoms with E-state index in [-0.39, 0.29) is 28.1 Å². The van der Waals surface area contributed by atoms with E-state index in [1.165, 1.54) is 30.3 Å². The van der Waals surface area contributed by atoms with Crippen molar-refractivity contribution in [1.82, 2.24) is 0 Å². The third-order valence-electron chi connectivity index (χ3n) is 5.16. The predicted octanol–water partition coefficient (Wildman–Crippen LogP) is 1.80. The third-order valence-corrected chi connectivity index (χ3v) is 5.16. The second-order valence-corrected chi connectivity index (χ2v) is 7.46. The van der Waals surface area contributed by atoms with Crippen LogP contribution in [0, 0.1) is 10.1 Å². The minimum Gasteiger partial charge on any atom is -0.465 e. The van der Waals surface area contributed by atoms with Gasteiger partial charge in [-0.2, -0.15) is 0 Å². The van der Waals surface area contributed by atoms with Crippen LogP contribution in [0.1, 0.15) is 31.1 Å². The van der Waals surface area contributed by atoms with E-state index in [0.29, 0.717) is 32.0 Å². The van der Waals surface area contributed by atoms with Gasteiger partial charge in [-0.05, 0) is 24.3 Å². The number of benzene rings is 2. The predicted molar refractivity (Wildman–Crippen MR) is 124 cm³/mol. The number of hydrogen-bond acceptors (Lipinski definition) is 11. The Bertz CT molecular complexity index is 1160. The number of rotatable bonds is 8. The van der Waals surface area contributed by atoms with Gasteiger partial charge >= 0.3 is 17.9 Å². The summed E-state index contributed by atoms with van der Waals surface area (Å²) < 4.78 is 19.7. The Labute approximate surface area is 205 Å². The van der Waals surface area contributed by atoms with Crippen molar-refractivity contribution in [2.24, 2.45) is 0 Å². The van der Waals surface area contributed by atoms with E-state index in [1.54, 1.807) is 0 Å². The minimum atomic E-state index is -0.936. The zero-order valence-corrected chi connectivity index (χ0v) is 19.5. The maximum Gasteiger partial charge on any atom is 0.341 e. The van der Waals surface area contributed by atoms with Gasteiger partial charge < -0.3 is 29.2 Å². The van der Waals surface area contributed by atoms with Crippen molar-refractivity contribution in [3.63, 3.8) is 0 Å². The summed E-state index contributed by atoms with van der Waals surface area (Å²) >= 11 is 0. The van der Waals surface area contributed by atoms with Crippen LogP contribution in [0.15, 0.2) is 36.4 Å². The van der Waals surface area contributed by atoms with Gasteiger partial charge in [-0.1, -0.05) is 0 Å². The topological polar surface area (TPSA) is 164 Å². The fourth-order valence-corrected chi connectivity index (χ4v) is 3.46. The molecule has 2 aromatic rings. The number of morpholine rings is 1. The van der Waals surface area contributed by atoms with Crippen LogP contribution in [0.3, 0.4) is 0 Å². The summed E-state index contributed by atoms with van der Waals surface area (Å²) in [6.07, 6.45) is 0. The lowest BCUT2D eigenvalue weighted by molar-refractivity contribution is -0.384. The molecule has 1 N–H and O–H groups in total. The first-order chi connectivity index (χ1) is 17.2. The molecule has 13 heteroatoms. The smallest absolute Gasteiger partial charge is 0.341 e. The summed E-state index contributed by atoms with van der Waals surface area (Å²) in [7, 11) is 2.31. The van der Waals surface area contributed by atoms with Crippen molar-refractivity contribution in [2.75, 3.05) is 57.3 Å². The lowest BCUT2D eigenvalue weighted by atomic mass is 10.1. The number of hydrogen-bond donors (Lipinski definition) is 1. The summed E-state index contributed by atoms with van der Waals surface area (Å²) in [5.74, 6) is -3.21. The molecule has 13 nitrogen and oxygen atoms in total. The highest BCUT2D eigenvalue weighted by molar-refractivity contribution is 6.01. The van der Waals surface area contributed by atoms with Crippen molar-refractivity contribution in [2.45, 2.75) is 0 Å². The van der Waals surface area contributed by atoms with Crippen LogP contribution < -0.4 is 10.2 Å². The molecule has 0 radical (unpaired) electrons. The van der Waals surface area contributed by atoms with Gasteiger partial charge in [0.05, 0.1) is 54.7 Å². The first-order valence-corrected chi connectivity index (χ1v) is 10.6. The molecule has 1 saturated heterocycles. The summed E-state index contributed by atoms with van der Waals surface area (Å²) in [6.45, 7) is 1.05. The van der Waals surface area contributed by atoms with Gasteiger partial charge in [0.2, 0.25) is 0 Å². The summed E-state index contributed by atoms with van der Waals surface area (Å²) in [5.41, 5.74) is 0.0725. The monoisotopic (exact) mass is 501 g/mol. The molecular weight excluding hydrogens is 478 g/mol. The number of esters is 3. The quantitative estimate of drug-likeness (QED) is 0.243. The summed E-state index contributed by atoms with van der Waals surface area (Å²) in [5, 5.41) is 13.6. The van der Waals surface area contributed by atoms with Crippen molar-refractivity contribution in [1.29, 1.82) is 0 Å². The Hall–Kier alpha value is -4.52. The number of carbonyl (C=O) groups is 4. The normalized spacial score (nSPS) is 12.9. The summed E-state index contributed by atoms with van der Waals surface area (Å²) in [6, 6.07) is 7.61. The highest BCUT2D eigenvalue weighted by Gasteiger charge is 2.24. The Morgan fingerprint density at radius 3 is 2.14 bits per heavy atom. The summed E-state index contributed by atoms with van der Waals surface area (Å²) in [4.78, 5) is 61.5. The van der Waals surface area contributed by atoms with Crippen LogP contribution in [0.4, 0.5) is 17.1 Å². The lowest BCUT2D eigenvalue weighted by Crippen LogP contribution is -2.37. The molecule has 0 unspecified atom stereocenters. The molecule has 1 aliphatic rings. The first kappa shape index (κ1) is 26.1. The van der Waals surface area contributed by atoms with Gasteiger partial charge in [0.1, 0.15) is 0 Å². The molecule has 190 valence electrons. The second kappa shape index (κ2) is 11.8. The van der Waals surface area contributed by atoms with Crippen LogP contribution in [0.25, 0.3) is 0 Å². The maximum atomic E-state index is 12.8. The highest BCUT2D eigenvalue weighted by atomic mass is 16.6. The molecule has 2 aromatic carbocycles. The van der Waals surface area contributed by atoms with Gasteiger partial charge in [-0.15, -0.1) is 0 Å². The molecule has 1 fully saturated rings. The van der Waals surface area contributed by atoms with E-state index in [2.05, 4.69) is 14.8 Å². The Morgan fingerprint density at radius 2 is 1.58 bits per heavy atom. The molecule has 1 aliphatic heterocycles. The molecule has 0 bridgehead atoms. The molecule has 3 rings (SSSR count). The number of ether oxygens (including phenoxy) is 4. The van der Waals surface area contributed by atoms with Gasteiger partial charge in [0, 0.05) is 30.9 Å². The number of non-ortho nitro benzene ring substituents is 1. The van der Waals surface area contributed by atoms with Crippen LogP contribution >= 0.6 is 0 Å². The maximum absolute atomic E-state index is 12.8. The van der Waals surface area contributed by atoms with Crippen LogP contribution in [-0.4, -0.2) is 75.9 Å². The van der Waals surface area contributed by atoms with E-state index in [9.17, 15) is 29.3 Å². The van der Waals surface area contributed by atoms with E-state index in [4.69, 9.17) is 9.47 Å². The van der Waals surface area contributed by atoms with Crippen LogP contribution in [-0.2, 0) is 23.7 Å². The van der Waals surface area contributed by atoms with Crippen molar-refractivity contribution in [3.8, 4) is 0 Å². The van der Waals surface area contributed by atoms with E-state index in [1.807, 2.05) is 4.90 Å². The Kier molecular flexibility index (Phi) is 8.52. The molecule has 36 heavy (non-hydrogen) atoms. The minimum absolute atomic E-state index is 0.0144. The second-order valence-electron chi connectivity index (χ2n) is 7.46. The fraction of sp³-hybridized carbons (Fsp3) is 0.304. The number of methoxy groups -OCH3 is 2. The largest absolute Gasteiger partial charge is 0.465 e. The molecule has 0 atom stereocenters. The number of anilines is 2. The number of nitrogens with zero attached hydrogens (tertiary/aromatic N) is 2. The third kappa shape index (κ3) is 6.33. The van der Waals surface area contributed by atoms with E-state index >= 15 is 0 Å². The van der Waals surface area contributed by atoms with Crippen molar-refractivity contribution < 1.29 is 43.0 Å². The molecule has 1 amide bonds. The zero-order chi connectivity index (χ0) is 26.2. The number of amides is 1. The Morgan fingerprint density at radius 1 is 0.972 bits per heavy atom. The van der Waals surface area contributed by atoms with Crippen molar-refractivity contribution >= 4 is 40.9 Å². The molecule has 1 heterocycles. The molecule has 0 aromatic heterocycles.